The Morgan fingerprint density at radius 1 is 1.03 bits per heavy atom. The number of anilines is 2. The zero-order chi connectivity index (χ0) is 21.4. The molecule has 1 amide bonds. The molecule has 158 valence electrons. The summed E-state index contributed by atoms with van der Waals surface area (Å²) in [6.07, 6.45) is 3.85. The predicted molar refractivity (Wildman–Crippen MR) is 121 cm³/mol. The summed E-state index contributed by atoms with van der Waals surface area (Å²) in [5.41, 5.74) is 3.23. The molecule has 1 saturated heterocycles. The third kappa shape index (κ3) is 3.56. The molecule has 0 saturated carbocycles. The highest BCUT2D eigenvalue weighted by atomic mass is 16.3. The average molecular weight is 415 g/mol. The molecule has 7 heteroatoms. The third-order valence-electron chi connectivity index (χ3n) is 6.22. The van der Waals surface area contributed by atoms with Crippen LogP contribution in [-0.2, 0) is 17.8 Å². The van der Waals surface area contributed by atoms with Crippen LogP contribution in [0.5, 0.6) is 5.75 Å². The van der Waals surface area contributed by atoms with Gasteiger partial charge in [0, 0.05) is 55.4 Å². The quantitative estimate of drug-likeness (QED) is 0.663. The van der Waals surface area contributed by atoms with E-state index in [9.17, 15) is 9.90 Å². The molecule has 0 radical (unpaired) electrons. The van der Waals surface area contributed by atoms with Crippen LogP contribution < -0.4 is 9.80 Å². The Balaban J connectivity index is 1.40. The van der Waals surface area contributed by atoms with Gasteiger partial charge in [-0.15, -0.1) is 0 Å². The highest BCUT2D eigenvalue weighted by Gasteiger charge is 2.27. The van der Waals surface area contributed by atoms with Crippen LogP contribution in [0.15, 0.2) is 55.4 Å². The number of carbonyl (C=O) groups is 1. The van der Waals surface area contributed by atoms with Gasteiger partial charge in [0.25, 0.3) is 0 Å². The number of nitrogens with zero attached hydrogens (tertiary/aromatic N) is 5. The van der Waals surface area contributed by atoms with Crippen molar-refractivity contribution in [1.29, 1.82) is 0 Å². The monoisotopic (exact) mass is 415 g/mol. The van der Waals surface area contributed by atoms with Gasteiger partial charge in [-0.2, -0.15) is 0 Å². The van der Waals surface area contributed by atoms with Crippen molar-refractivity contribution in [2.75, 3.05) is 42.5 Å². The number of benzene rings is 2. The zero-order valence-corrected chi connectivity index (χ0v) is 17.4. The molecule has 3 heterocycles. The van der Waals surface area contributed by atoms with Gasteiger partial charge in [-0.05, 0) is 23.9 Å². The van der Waals surface area contributed by atoms with Crippen molar-refractivity contribution in [3.8, 4) is 5.75 Å². The van der Waals surface area contributed by atoms with Crippen LogP contribution in [0.25, 0.3) is 10.8 Å². The van der Waals surface area contributed by atoms with Crippen molar-refractivity contribution in [2.24, 2.45) is 0 Å². The fourth-order valence-electron chi connectivity index (χ4n) is 4.62. The maximum absolute atomic E-state index is 11.9. The van der Waals surface area contributed by atoms with E-state index in [4.69, 9.17) is 0 Å². The van der Waals surface area contributed by atoms with E-state index in [1.807, 2.05) is 29.2 Å². The van der Waals surface area contributed by atoms with Gasteiger partial charge in [-0.3, -0.25) is 4.79 Å². The molecular formula is C24H25N5O2. The standard InChI is InChI=1S/C24H25N5O2/c1-2-23(31)27-9-11-28(12-10-27)24-20-7-8-29(15-21(20)25-16-26-24)22-14-18(30)13-17-5-3-4-6-19(17)22/h2-6,13-14,16,30H,1,7-12,15H2. The Bertz CT molecular complexity index is 1150. The maximum atomic E-state index is 11.9. The number of carbonyl (C=O) groups excluding carboxylic acids is 1. The number of phenols is 1. The van der Waals surface area contributed by atoms with Crippen LogP contribution in [0, 0.1) is 0 Å². The summed E-state index contributed by atoms with van der Waals surface area (Å²) in [6.45, 7) is 7.94. The average Bonchev–Trinajstić information content (AvgIpc) is 2.82. The van der Waals surface area contributed by atoms with Crippen LogP contribution in [0.3, 0.4) is 0 Å². The van der Waals surface area contributed by atoms with E-state index in [0.29, 0.717) is 19.6 Å². The Labute approximate surface area is 181 Å². The first-order valence-corrected chi connectivity index (χ1v) is 10.6. The van der Waals surface area contributed by atoms with Crippen molar-refractivity contribution < 1.29 is 9.90 Å². The molecule has 2 aliphatic rings. The first kappa shape index (κ1) is 19.4. The lowest BCUT2D eigenvalue weighted by Crippen LogP contribution is -2.49. The number of hydrogen-bond acceptors (Lipinski definition) is 6. The van der Waals surface area contributed by atoms with Crippen LogP contribution in [-0.4, -0.2) is 58.6 Å². The van der Waals surface area contributed by atoms with Gasteiger partial charge in [0.1, 0.15) is 17.9 Å². The number of aromatic hydroxyl groups is 1. The molecule has 2 aliphatic heterocycles. The molecule has 5 rings (SSSR count). The van der Waals surface area contributed by atoms with E-state index in [0.717, 1.165) is 54.0 Å². The van der Waals surface area contributed by atoms with Gasteiger partial charge in [-0.25, -0.2) is 9.97 Å². The molecule has 0 bridgehead atoms. The van der Waals surface area contributed by atoms with Crippen molar-refractivity contribution in [1.82, 2.24) is 14.9 Å². The SMILES string of the molecule is C=CC(=O)N1CCN(c2ncnc3c2CCN(c2cc(O)cc4ccccc24)C3)CC1. The number of aromatic nitrogens is 2. The topological polar surface area (TPSA) is 72.8 Å². The van der Waals surface area contributed by atoms with Crippen LogP contribution >= 0.6 is 0 Å². The normalized spacial score (nSPS) is 16.3. The molecule has 7 nitrogen and oxygen atoms in total. The number of rotatable bonds is 3. The van der Waals surface area contributed by atoms with Gasteiger partial charge < -0.3 is 19.8 Å². The highest BCUT2D eigenvalue weighted by Crippen LogP contribution is 2.35. The summed E-state index contributed by atoms with van der Waals surface area (Å²) in [7, 11) is 0. The van der Waals surface area contributed by atoms with Gasteiger partial charge in [0.15, 0.2) is 0 Å². The minimum atomic E-state index is -0.0154. The second-order valence-electron chi connectivity index (χ2n) is 8.00. The van der Waals surface area contributed by atoms with E-state index < -0.39 is 0 Å². The van der Waals surface area contributed by atoms with Crippen molar-refractivity contribution in [2.45, 2.75) is 13.0 Å². The largest absolute Gasteiger partial charge is 0.508 e. The van der Waals surface area contributed by atoms with Crippen molar-refractivity contribution in [3.63, 3.8) is 0 Å². The second kappa shape index (κ2) is 7.91. The summed E-state index contributed by atoms with van der Waals surface area (Å²) < 4.78 is 0. The Morgan fingerprint density at radius 2 is 1.84 bits per heavy atom. The van der Waals surface area contributed by atoms with E-state index in [1.54, 1.807) is 12.4 Å². The lowest BCUT2D eigenvalue weighted by Gasteiger charge is -2.37. The molecule has 0 unspecified atom stereocenters. The van der Waals surface area contributed by atoms with E-state index in [2.05, 4.69) is 32.4 Å². The summed E-state index contributed by atoms with van der Waals surface area (Å²) in [4.78, 5) is 27.4. The molecule has 0 atom stereocenters. The number of fused-ring (bicyclic) bond motifs is 2. The number of hydrogen-bond donors (Lipinski definition) is 1. The highest BCUT2D eigenvalue weighted by molar-refractivity contribution is 5.95. The smallest absolute Gasteiger partial charge is 0.246 e. The predicted octanol–water partition coefficient (Wildman–Crippen LogP) is 2.73. The summed E-state index contributed by atoms with van der Waals surface area (Å²) >= 11 is 0. The molecule has 0 spiro atoms. The Morgan fingerprint density at radius 3 is 2.65 bits per heavy atom. The van der Waals surface area contributed by atoms with E-state index in [1.165, 1.54) is 11.6 Å². The van der Waals surface area contributed by atoms with Gasteiger partial charge in [0.2, 0.25) is 5.91 Å². The minimum absolute atomic E-state index is 0.0154. The summed E-state index contributed by atoms with van der Waals surface area (Å²) in [5.74, 6) is 1.24. The van der Waals surface area contributed by atoms with Gasteiger partial charge >= 0.3 is 0 Å². The second-order valence-corrected chi connectivity index (χ2v) is 8.00. The van der Waals surface area contributed by atoms with Gasteiger partial charge in [0.05, 0.1) is 12.2 Å². The molecule has 1 fully saturated rings. The zero-order valence-electron chi connectivity index (χ0n) is 17.4. The fraction of sp³-hybridized carbons (Fsp3) is 0.292. The first-order chi connectivity index (χ1) is 15.1. The van der Waals surface area contributed by atoms with E-state index >= 15 is 0 Å². The van der Waals surface area contributed by atoms with Crippen LogP contribution in [0.4, 0.5) is 11.5 Å². The van der Waals surface area contributed by atoms with Crippen molar-refractivity contribution in [3.05, 3.63) is 66.6 Å². The Hall–Kier alpha value is -3.61. The molecule has 2 aromatic carbocycles. The lowest BCUT2D eigenvalue weighted by molar-refractivity contribution is -0.126. The van der Waals surface area contributed by atoms with Gasteiger partial charge in [-0.1, -0.05) is 30.8 Å². The Kier molecular flexibility index (Phi) is 4.94. The summed E-state index contributed by atoms with van der Waals surface area (Å²) in [5, 5.41) is 12.4. The van der Waals surface area contributed by atoms with E-state index in [-0.39, 0.29) is 11.7 Å². The molecular weight excluding hydrogens is 390 g/mol. The molecule has 31 heavy (non-hydrogen) atoms. The van der Waals surface area contributed by atoms with Crippen LogP contribution in [0.2, 0.25) is 0 Å². The fourth-order valence-corrected chi connectivity index (χ4v) is 4.62. The first-order valence-electron chi connectivity index (χ1n) is 10.6. The minimum Gasteiger partial charge on any atom is -0.508 e. The lowest BCUT2D eigenvalue weighted by atomic mass is 10.0. The van der Waals surface area contributed by atoms with Crippen molar-refractivity contribution >= 4 is 28.2 Å². The molecule has 1 N–H and O–H groups in total. The molecule has 3 aromatic rings. The number of phenolic OH excluding ortho intramolecular Hbond substituents is 1. The number of amides is 1. The maximum Gasteiger partial charge on any atom is 0.246 e. The van der Waals surface area contributed by atoms with Crippen LogP contribution in [0.1, 0.15) is 11.3 Å². The molecule has 0 aliphatic carbocycles. The molecule has 1 aromatic heterocycles. The number of piperazine rings is 1. The summed E-state index contributed by atoms with van der Waals surface area (Å²) in [6, 6.07) is 11.8. The third-order valence-corrected chi connectivity index (χ3v) is 6.22.